The minimum Gasteiger partial charge on any atom is -0.472 e. The van der Waals surface area contributed by atoms with E-state index in [2.05, 4.69) is 15.4 Å². The first-order valence-corrected chi connectivity index (χ1v) is 6.05. The second-order valence-electron chi connectivity index (χ2n) is 4.46. The Kier molecular flexibility index (Phi) is 3.18. The maximum absolute atomic E-state index is 13.1. The fourth-order valence-corrected chi connectivity index (χ4v) is 2.03. The van der Waals surface area contributed by atoms with E-state index in [9.17, 15) is 13.2 Å². The zero-order valence-corrected chi connectivity index (χ0v) is 10.8. The molecule has 2 heterocycles. The second kappa shape index (κ2) is 5.04. The van der Waals surface area contributed by atoms with E-state index in [1.165, 1.54) is 18.6 Å². The lowest BCUT2D eigenvalue weighted by Gasteiger charge is -2.10. The number of aromatic nitrogens is 3. The van der Waals surface area contributed by atoms with Gasteiger partial charge in [-0.25, -0.2) is 5.10 Å². The molecule has 0 spiro atoms. The smallest absolute Gasteiger partial charge is 0.416 e. The number of H-pyrrole nitrogens is 1. The molecule has 0 saturated carbocycles. The lowest BCUT2D eigenvalue weighted by Crippen LogP contribution is -2.05. The number of nitriles is 1. The molecule has 5 nitrogen and oxygen atoms in total. The summed E-state index contributed by atoms with van der Waals surface area (Å²) in [7, 11) is 0. The zero-order valence-electron chi connectivity index (χ0n) is 10.8. The minimum absolute atomic E-state index is 0.00234. The Balaban J connectivity index is 2.23. The molecule has 0 bridgehead atoms. The normalized spacial score (nSPS) is 11.4. The maximum Gasteiger partial charge on any atom is 0.416 e. The fraction of sp³-hybridized carbons (Fsp3) is 0.0714. The molecule has 1 aromatic carbocycles. The van der Waals surface area contributed by atoms with Crippen LogP contribution < -0.4 is 0 Å². The largest absolute Gasteiger partial charge is 0.472 e. The standard InChI is InChI=1S/C14H7F3N4O/c15-14(16,17)11-4-9(8-1-2-22-7-8)3-10(5-11)13-12(6-18)19-21-20-13/h1-5,7H,(H,19,20,21). The summed E-state index contributed by atoms with van der Waals surface area (Å²) in [5.74, 6) is 0. The molecular weight excluding hydrogens is 297 g/mol. The second-order valence-corrected chi connectivity index (χ2v) is 4.46. The van der Waals surface area contributed by atoms with Gasteiger partial charge >= 0.3 is 6.18 Å². The molecule has 0 radical (unpaired) electrons. The minimum atomic E-state index is -4.52. The molecule has 0 saturated heterocycles. The number of nitrogens with zero attached hydrogens (tertiary/aromatic N) is 3. The van der Waals surface area contributed by atoms with Gasteiger partial charge in [0.25, 0.3) is 0 Å². The number of hydrogen-bond donors (Lipinski definition) is 1. The Morgan fingerprint density at radius 2 is 1.91 bits per heavy atom. The summed E-state index contributed by atoms with van der Waals surface area (Å²) in [4.78, 5) is 0. The lowest BCUT2D eigenvalue weighted by atomic mass is 9.99. The molecule has 0 unspecified atom stereocenters. The van der Waals surface area contributed by atoms with Crippen LogP contribution in [-0.4, -0.2) is 15.4 Å². The average molecular weight is 304 g/mol. The van der Waals surface area contributed by atoms with Gasteiger partial charge in [-0.2, -0.15) is 18.4 Å². The van der Waals surface area contributed by atoms with E-state index in [1.807, 2.05) is 0 Å². The Bertz CT molecular complexity index is 844. The van der Waals surface area contributed by atoms with E-state index >= 15 is 0 Å². The van der Waals surface area contributed by atoms with Gasteiger partial charge in [-0.15, -0.1) is 5.10 Å². The number of benzene rings is 1. The van der Waals surface area contributed by atoms with Gasteiger partial charge in [0, 0.05) is 11.1 Å². The highest BCUT2D eigenvalue weighted by Gasteiger charge is 2.32. The van der Waals surface area contributed by atoms with E-state index < -0.39 is 11.7 Å². The molecule has 0 aliphatic carbocycles. The molecule has 3 rings (SSSR count). The summed E-state index contributed by atoms with van der Waals surface area (Å²) in [6.45, 7) is 0. The number of hydrogen-bond acceptors (Lipinski definition) is 4. The van der Waals surface area contributed by atoms with Crippen molar-refractivity contribution in [3.05, 3.63) is 48.0 Å². The first kappa shape index (κ1) is 13.9. The lowest BCUT2D eigenvalue weighted by molar-refractivity contribution is -0.137. The Morgan fingerprint density at radius 3 is 2.55 bits per heavy atom. The van der Waals surface area contributed by atoms with Crippen LogP contribution in [0.5, 0.6) is 0 Å². The fourth-order valence-electron chi connectivity index (χ4n) is 2.03. The van der Waals surface area contributed by atoms with Crippen molar-refractivity contribution in [1.29, 1.82) is 5.26 Å². The van der Waals surface area contributed by atoms with Crippen molar-refractivity contribution in [2.75, 3.05) is 0 Å². The number of nitrogens with one attached hydrogen (secondary N) is 1. The number of aromatic amines is 1. The Hall–Kier alpha value is -3.08. The highest BCUT2D eigenvalue weighted by atomic mass is 19.4. The highest BCUT2D eigenvalue weighted by molar-refractivity contribution is 5.74. The van der Waals surface area contributed by atoms with Crippen LogP contribution in [0.2, 0.25) is 0 Å². The third-order valence-corrected chi connectivity index (χ3v) is 3.05. The number of furan rings is 1. The molecule has 1 N–H and O–H groups in total. The summed E-state index contributed by atoms with van der Waals surface area (Å²) in [6.07, 6.45) is -1.82. The third-order valence-electron chi connectivity index (χ3n) is 3.05. The van der Waals surface area contributed by atoms with Gasteiger partial charge in [0.2, 0.25) is 0 Å². The van der Waals surface area contributed by atoms with E-state index in [-0.39, 0.29) is 17.0 Å². The predicted octanol–water partition coefficient (Wildman–Crippen LogP) is 3.62. The van der Waals surface area contributed by atoms with Crippen LogP contribution in [0.1, 0.15) is 11.3 Å². The summed E-state index contributed by atoms with van der Waals surface area (Å²) in [5, 5.41) is 18.4. The maximum atomic E-state index is 13.1. The molecule has 3 aromatic rings. The van der Waals surface area contributed by atoms with Crippen LogP contribution in [-0.2, 0) is 6.18 Å². The van der Waals surface area contributed by atoms with Gasteiger partial charge in [-0.3, -0.25) is 0 Å². The first-order chi connectivity index (χ1) is 10.5. The van der Waals surface area contributed by atoms with Crippen molar-refractivity contribution >= 4 is 0 Å². The first-order valence-electron chi connectivity index (χ1n) is 6.05. The molecule has 0 aliphatic rings. The van der Waals surface area contributed by atoms with Crippen molar-refractivity contribution in [1.82, 2.24) is 15.4 Å². The van der Waals surface area contributed by atoms with Crippen molar-refractivity contribution < 1.29 is 17.6 Å². The average Bonchev–Trinajstić information content (AvgIpc) is 3.17. The monoisotopic (exact) mass is 304 g/mol. The Labute approximate surface area is 122 Å². The summed E-state index contributed by atoms with van der Waals surface area (Å²) >= 11 is 0. The van der Waals surface area contributed by atoms with Crippen molar-refractivity contribution in [3.63, 3.8) is 0 Å². The van der Waals surface area contributed by atoms with Crippen molar-refractivity contribution in [2.45, 2.75) is 6.18 Å². The molecule has 0 fully saturated rings. The SMILES string of the molecule is N#Cc1[nH]nnc1-c1cc(-c2ccoc2)cc(C(F)(F)F)c1. The summed E-state index contributed by atoms with van der Waals surface area (Å²) in [5.41, 5.74) is 0.181. The van der Waals surface area contributed by atoms with Crippen LogP contribution in [0.3, 0.4) is 0 Å². The third kappa shape index (κ3) is 2.44. The molecular formula is C14H7F3N4O. The molecule has 110 valence electrons. The van der Waals surface area contributed by atoms with Crippen LogP contribution in [0.4, 0.5) is 13.2 Å². The topological polar surface area (TPSA) is 78.5 Å². The quantitative estimate of drug-likeness (QED) is 0.784. The summed E-state index contributed by atoms with van der Waals surface area (Å²) < 4.78 is 44.1. The Morgan fingerprint density at radius 1 is 1.14 bits per heavy atom. The van der Waals surface area contributed by atoms with E-state index in [0.717, 1.165) is 12.1 Å². The number of rotatable bonds is 2. The highest BCUT2D eigenvalue weighted by Crippen LogP contribution is 2.36. The molecule has 2 aromatic heterocycles. The molecule has 8 heteroatoms. The van der Waals surface area contributed by atoms with Gasteiger partial charge in [0.1, 0.15) is 11.8 Å². The van der Waals surface area contributed by atoms with Gasteiger partial charge in [-0.1, -0.05) is 5.21 Å². The molecule has 0 amide bonds. The molecule has 0 aliphatic heterocycles. The van der Waals surface area contributed by atoms with Crippen molar-refractivity contribution in [3.8, 4) is 28.5 Å². The van der Waals surface area contributed by atoms with Crippen molar-refractivity contribution in [2.24, 2.45) is 0 Å². The zero-order chi connectivity index (χ0) is 15.7. The van der Waals surface area contributed by atoms with Gasteiger partial charge in [0.05, 0.1) is 18.1 Å². The van der Waals surface area contributed by atoms with Gasteiger partial charge in [-0.05, 0) is 29.8 Å². The van der Waals surface area contributed by atoms with Crippen LogP contribution in [0.25, 0.3) is 22.4 Å². The van der Waals surface area contributed by atoms with Gasteiger partial charge < -0.3 is 4.42 Å². The van der Waals surface area contributed by atoms with Crippen LogP contribution >= 0.6 is 0 Å². The predicted molar refractivity (Wildman–Crippen MR) is 69.2 cm³/mol. The van der Waals surface area contributed by atoms with Crippen LogP contribution in [0.15, 0.2) is 41.2 Å². The van der Waals surface area contributed by atoms with E-state index in [4.69, 9.17) is 9.68 Å². The van der Waals surface area contributed by atoms with Crippen LogP contribution in [0, 0.1) is 11.3 Å². The molecule has 0 atom stereocenters. The van der Waals surface area contributed by atoms with E-state index in [0.29, 0.717) is 11.1 Å². The summed E-state index contributed by atoms with van der Waals surface area (Å²) in [6, 6.07) is 6.80. The number of alkyl halides is 3. The number of halogens is 3. The molecule has 22 heavy (non-hydrogen) atoms. The van der Waals surface area contributed by atoms with E-state index in [1.54, 1.807) is 12.1 Å². The van der Waals surface area contributed by atoms with Gasteiger partial charge in [0.15, 0.2) is 5.69 Å².